The molecule has 0 atom stereocenters. The van der Waals surface area contributed by atoms with E-state index in [1.165, 1.54) is 12.1 Å². The first-order chi connectivity index (χ1) is 14.0. The largest absolute Gasteiger partial charge is 0.416 e. The Kier molecular flexibility index (Phi) is 6.72. The number of halogens is 7. The van der Waals surface area contributed by atoms with E-state index in [4.69, 9.17) is 16.7 Å². The smallest absolute Gasteiger partial charge is 0.392 e. The molecule has 0 heterocycles. The second-order valence-corrected chi connectivity index (χ2v) is 7.95. The number of aliphatic hydroxyl groups excluding tert-OH is 1. The molecule has 2 aliphatic carbocycles. The fourth-order valence-electron chi connectivity index (χ4n) is 3.38. The molecule has 8 heteroatoms. The molecule has 0 bridgehead atoms. The van der Waals surface area contributed by atoms with Crippen molar-refractivity contribution >= 4 is 11.6 Å². The van der Waals surface area contributed by atoms with Gasteiger partial charge in [0.05, 0.1) is 17.7 Å². The molecule has 164 valence electrons. The molecule has 2 aromatic rings. The van der Waals surface area contributed by atoms with Gasteiger partial charge in [-0.2, -0.15) is 26.3 Å². The molecule has 0 saturated heterocycles. The molecule has 0 spiro atoms. The van der Waals surface area contributed by atoms with Gasteiger partial charge in [-0.25, -0.2) is 0 Å². The lowest BCUT2D eigenvalue weighted by atomic mass is 10.00. The average molecular weight is 451 g/mol. The quantitative estimate of drug-likeness (QED) is 0.380. The minimum atomic E-state index is -4.32. The lowest BCUT2D eigenvalue weighted by molar-refractivity contribution is -0.139. The summed E-state index contributed by atoms with van der Waals surface area (Å²) in [7, 11) is 0. The minimum absolute atomic E-state index is 0.0642. The van der Waals surface area contributed by atoms with Crippen molar-refractivity contribution in [2.75, 3.05) is 0 Å². The zero-order valence-electron chi connectivity index (χ0n) is 16.0. The molecule has 0 aromatic heterocycles. The van der Waals surface area contributed by atoms with E-state index in [-0.39, 0.29) is 24.3 Å². The van der Waals surface area contributed by atoms with Gasteiger partial charge in [0.15, 0.2) is 0 Å². The first-order valence-electron chi connectivity index (χ1n) is 9.61. The lowest BCUT2D eigenvalue weighted by Gasteiger charge is -2.13. The zero-order valence-corrected chi connectivity index (χ0v) is 16.7. The van der Waals surface area contributed by atoms with Crippen LogP contribution in [0.25, 0.3) is 0 Å². The van der Waals surface area contributed by atoms with E-state index in [2.05, 4.69) is 0 Å². The number of hydrogen-bond acceptors (Lipinski definition) is 1. The van der Waals surface area contributed by atoms with Crippen LogP contribution in [0, 0.1) is 0 Å². The van der Waals surface area contributed by atoms with Crippen molar-refractivity contribution in [3.05, 3.63) is 69.8 Å². The maximum absolute atomic E-state index is 12.7. The normalized spacial score (nSPS) is 16.8. The Balaban J connectivity index is 0.000000171. The van der Waals surface area contributed by atoms with Crippen molar-refractivity contribution < 1.29 is 31.4 Å². The van der Waals surface area contributed by atoms with E-state index in [0.29, 0.717) is 22.3 Å². The van der Waals surface area contributed by atoms with Crippen molar-refractivity contribution in [1.29, 1.82) is 0 Å². The predicted molar refractivity (Wildman–Crippen MR) is 102 cm³/mol. The van der Waals surface area contributed by atoms with Gasteiger partial charge in [-0.3, -0.25) is 0 Å². The molecule has 1 N–H and O–H groups in total. The highest BCUT2D eigenvalue weighted by Crippen LogP contribution is 2.47. The Morgan fingerprint density at radius 1 is 0.733 bits per heavy atom. The van der Waals surface area contributed by atoms with Gasteiger partial charge in [-0.05, 0) is 71.9 Å². The molecule has 2 aromatic carbocycles. The fraction of sp³-hybridized carbons (Fsp3) is 0.455. The standard InChI is InChI=1S/C11H10ClF3.C11H11F3O/c12-6-7-1-4-9(8-2-3-8)10(5-7)11(13,14)15;12-11(13,14)10-5-7(6-15)1-4-9(10)8-2-3-8/h1,4-5,8H,2-3,6H2;1,4-5,8,15H,2-3,6H2. The Morgan fingerprint density at radius 2 is 1.13 bits per heavy atom. The summed E-state index contributed by atoms with van der Waals surface area (Å²) in [6.45, 7) is -0.353. The van der Waals surface area contributed by atoms with Gasteiger partial charge in [-0.1, -0.05) is 24.3 Å². The summed E-state index contributed by atoms with van der Waals surface area (Å²) in [5.41, 5.74) is 0.538. The van der Waals surface area contributed by atoms with Crippen LogP contribution in [0.2, 0.25) is 0 Å². The highest BCUT2D eigenvalue weighted by molar-refractivity contribution is 6.17. The van der Waals surface area contributed by atoms with Crippen LogP contribution in [0.1, 0.15) is 70.9 Å². The monoisotopic (exact) mass is 450 g/mol. The van der Waals surface area contributed by atoms with E-state index in [9.17, 15) is 26.3 Å². The first kappa shape index (κ1) is 22.9. The van der Waals surface area contributed by atoms with Crippen LogP contribution in [-0.2, 0) is 24.8 Å². The summed E-state index contributed by atoms with van der Waals surface area (Å²) < 4.78 is 76.1. The summed E-state index contributed by atoms with van der Waals surface area (Å²) in [5, 5.41) is 8.81. The van der Waals surface area contributed by atoms with Gasteiger partial charge in [0, 0.05) is 5.88 Å². The molecular weight excluding hydrogens is 430 g/mol. The molecule has 0 radical (unpaired) electrons. The molecule has 0 unspecified atom stereocenters. The van der Waals surface area contributed by atoms with Crippen molar-refractivity contribution in [1.82, 2.24) is 0 Å². The van der Waals surface area contributed by atoms with Crippen LogP contribution in [-0.4, -0.2) is 5.11 Å². The average Bonchev–Trinajstić information content (AvgIpc) is 3.58. The van der Waals surface area contributed by atoms with Crippen molar-refractivity contribution in [2.45, 2.75) is 62.4 Å². The van der Waals surface area contributed by atoms with Gasteiger partial charge in [0.2, 0.25) is 0 Å². The molecule has 4 rings (SSSR count). The molecule has 30 heavy (non-hydrogen) atoms. The van der Waals surface area contributed by atoms with Crippen LogP contribution in [0.3, 0.4) is 0 Å². The maximum Gasteiger partial charge on any atom is 0.416 e. The summed E-state index contributed by atoms with van der Waals surface area (Å²) >= 11 is 5.53. The Morgan fingerprint density at radius 3 is 1.47 bits per heavy atom. The fourth-order valence-corrected chi connectivity index (χ4v) is 3.55. The summed E-state index contributed by atoms with van der Waals surface area (Å²) in [4.78, 5) is 0. The summed E-state index contributed by atoms with van der Waals surface area (Å²) in [6, 6.07) is 8.51. The van der Waals surface area contributed by atoms with E-state index >= 15 is 0 Å². The first-order valence-corrected chi connectivity index (χ1v) is 10.1. The second kappa shape index (κ2) is 8.79. The maximum atomic E-state index is 12.7. The topological polar surface area (TPSA) is 20.2 Å². The number of benzene rings is 2. The van der Waals surface area contributed by atoms with Crippen LogP contribution in [0.5, 0.6) is 0 Å². The van der Waals surface area contributed by atoms with E-state index < -0.39 is 23.5 Å². The molecular formula is C22H21ClF6O. The highest BCUT2D eigenvalue weighted by atomic mass is 35.5. The number of alkyl halides is 7. The van der Waals surface area contributed by atoms with Gasteiger partial charge in [0.25, 0.3) is 0 Å². The van der Waals surface area contributed by atoms with Crippen molar-refractivity contribution in [3.8, 4) is 0 Å². The lowest BCUT2D eigenvalue weighted by Crippen LogP contribution is -2.09. The second-order valence-electron chi connectivity index (χ2n) is 7.68. The molecule has 2 aliphatic rings. The summed E-state index contributed by atoms with van der Waals surface area (Å²) in [6.07, 6.45) is -5.18. The molecule has 2 fully saturated rings. The van der Waals surface area contributed by atoms with Crippen molar-refractivity contribution in [3.63, 3.8) is 0 Å². The van der Waals surface area contributed by atoms with Gasteiger partial charge < -0.3 is 5.11 Å². The third kappa shape index (κ3) is 5.70. The molecule has 2 saturated carbocycles. The third-order valence-electron chi connectivity index (χ3n) is 5.22. The van der Waals surface area contributed by atoms with Gasteiger partial charge in [-0.15, -0.1) is 11.6 Å². The van der Waals surface area contributed by atoms with Crippen LogP contribution in [0.4, 0.5) is 26.3 Å². The Labute approximate surface area is 175 Å². The van der Waals surface area contributed by atoms with E-state index in [1.807, 2.05) is 0 Å². The van der Waals surface area contributed by atoms with Crippen LogP contribution in [0.15, 0.2) is 36.4 Å². The number of aliphatic hydroxyl groups is 1. The summed E-state index contributed by atoms with van der Waals surface area (Å²) in [5.74, 6) is 0.286. The van der Waals surface area contributed by atoms with Gasteiger partial charge >= 0.3 is 12.4 Å². The Hall–Kier alpha value is -1.73. The van der Waals surface area contributed by atoms with Crippen LogP contribution >= 0.6 is 11.6 Å². The Bertz CT molecular complexity index is 809. The minimum Gasteiger partial charge on any atom is -0.392 e. The van der Waals surface area contributed by atoms with Crippen molar-refractivity contribution in [2.24, 2.45) is 0 Å². The SMILES string of the molecule is FC(F)(F)c1cc(CCl)ccc1C1CC1.OCc1ccc(C2CC2)c(C(F)(F)F)c1. The zero-order chi connectivity index (χ0) is 22.1. The number of hydrogen-bond donors (Lipinski definition) is 1. The van der Waals surface area contributed by atoms with E-state index in [0.717, 1.165) is 31.7 Å². The molecule has 0 aliphatic heterocycles. The van der Waals surface area contributed by atoms with Crippen LogP contribution < -0.4 is 0 Å². The van der Waals surface area contributed by atoms with Gasteiger partial charge in [0.1, 0.15) is 0 Å². The third-order valence-corrected chi connectivity index (χ3v) is 5.53. The number of rotatable bonds is 4. The van der Waals surface area contributed by atoms with E-state index in [1.54, 1.807) is 18.2 Å². The predicted octanol–water partition coefficient (Wildman–Crippen LogP) is 7.40. The molecule has 0 amide bonds. The molecule has 1 nitrogen and oxygen atoms in total. The highest BCUT2D eigenvalue weighted by Gasteiger charge is 2.39.